The summed E-state index contributed by atoms with van der Waals surface area (Å²) in [5.41, 5.74) is 2.77. The first kappa shape index (κ1) is 25.4. The van der Waals surface area contributed by atoms with Crippen LogP contribution in [0, 0.1) is 17.7 Å². The van der Waals surface area contributed by atoms with Crippen molar-refractivity contribution in [3.63, 3.8) is 0 Å². The number of rotatable bonds is 9. The largest absolute Gasteiger partial charge is 0.488 e. The van der Waals surface area contributed by atoms with Gasteiger partial charge < -0.3 is 23.7 Å². The second-order valence-electron chi connectivity index (χ2n) is 7.99. The van der Waals surface area contributed by atoms with Gasteiger partial charge in [0.25, 0.3) is 0 Å². The van der Waals surface area contributed by atoms with E-state index in [4.69, 9.17) is 23.7 Å². The average molecular weight is 493 g/mol. The number of aromatic nitrogens is 2. The number of hydrogen-bond donors (Lipinski definition) is 0. The number of pyridine rings is 2. The highest BCUT2D eigenvalue weighted by atomic mass is 19.1. The maximum Gasteiger partial charge on any atom is 0.250 e. The van der Waals surface area contributed by atoms with E-state index in [9.17, 15) is 4.39 Å². The molecular formula is C28H29FN2O5. The molecule has 3 heterocycles. The fourth-order valence-electron chi connectivity index (χ4n) is 3.59. The second kappa shape index (κ2) is 12.9. The van der Waals surface area contributed by atoms with Gasteiger partial charge in [-0.25, -0.2) is 14.4 Å². The van der Waals surface area contributed by atoms with Crippen molar-refractivity contribution in [1.82, 2.24) is 9.97 Å². The lowest BCUT2D eigenvalue weighted by Crippen LogP contribution is -2.33. The van der Waals surface area contributed by atoms with Crippen LogP contribution in [0.3, 0.4) is 0 Å². The molecule has 188 valence electrons. The predicted octanol–water partition coefficient (Wildman–Crippen LogP) is 4.35. The summed E-state index contributed by atoms with van der Waals surface area (Å²) in [7, 11) is 0. The van der Waals surface area contributed by atoms with E-state index in [0.29, 0.717) is 62.3 Å². The summed E-state index contributed by atoms with van der Waals surface area (Å²) in [6.07, 6.45) is 1.93. The number of benzene rings is 1. The zero-order valence-electron chi connectivity index (χ0n) is 20.5. The second-order valence-corrected chi connectivity index (χ2v) is 7.99. The third-order valence-corrected chi connectivity index (χ3v) is 5.37. The Labute approximate surface area is 210 Å². The van der Waals surface area contributed by atoms with Gasteiger partial charge in [-0.1, -0.05) is 43.2 Å². The van der Waals surface area contributed by atoms with Gasteiger partial charge in [-0.05, 0) is 30.9 Å². The minimum atomic E-state index is -0.564. The van der Waals surface area contributed by atoms with Gasteiger partial charge in [0.2, 0.25) is 11.8 Å². The fourth-order valence-corrected chi connectivity index (χ4v) is 3.59. The molecule has 1 saturated heterocycles. The van der Waals surface area contributed by atoms with Crippen LogP contribution in [0.1, 0.15) is 36.2 Å². The molecule has 0 spiro atoms. The van der Waals surface area contributed by atoms with Crippen LogP contribution in [0.4, 0.5) is 4.39 Å². The molecule has 36 heavy (non-hydrogen) atoms. The van der Waals surface area contributed by atoms with Gasteiger partial charge >= 0.3 is 0 Å². The van der Waals surface area contributed by atoms with Gasteiger partial charge in [0.05, 0.1) is 26.4 Å². The Morgan fingerprint density at radius 3 is 2.64 bits per heavy atom. The molecule has 0 bridgehead atoms. The van der Waals surface area contributed by atoms with Crippen molar-refractivity contribution in [3.8, 4) is 29.4 Å². The van der Waals surface area contributed by atoms with Crippen LogP contribution < -0.4 is 14.2 Å². The van der Waals surface area contributed by atoms with Crippen LogP contribution in [-0.4, -0.2) is 49.1 Å². The van der Waals surface area contributed by atoms with Crippen LogP contribution in [0.25, 0.3) is 0 Å². The quantitative estimate of drug-likeness (QED) is 0.411. The minimum Gasteiger partial charge on any atom is -0.488 e. The normalized spacial score (nSPS) is 15.0. The van der Waals surface area contributed by atoms with E-state index in [1.807, 2.05) is 37.3 Å². The third kappa shape index (κ3) is 6.94. The van der Waals surface area contributed by atoms with Crippen molar-refractivity contribution in [2.45, 2.75) is 33.0 Å². The molecule has 0 saturated carbocycles. The highest BCUT2D eigenvalue weighted by Crippen LogP contribution is 2.28. The lowest BCUT2D eigenvalue weighted by molar-refractivity contribution is -0.102. The van der Waals surface area contributed by atoms with Crippen molar-refractivity contribution < 1.29 is 28.1 Å². The summed E-state index contributed by atoms with van der Waals surface area (Å²) in [5, 5.41) is 0. The fraction of sp³-hybridized carbons (Fsp3) is 0.357. The number of hydrogen-bond acceptors (Lipinski definition) is 7. The Morgan fingerprint density at radius 2 is 1.92 bits per heavy atom. The lowest BCUT2D eigenvalue weighted by atomic mass is 10.1. The zero-order chi connectivity index (χ0) is 25.2. The van der Waals surface area contributed by atoms with Crippen molar-refractivity contribution in [2.24, 2.45) is 0 Å². The van der Waals surface area contributed by atoms with Gasteiger partial charge in [-0.3, -0.25) is 0 Å². The molecule has 7 nitrogen and oxygen atoms in total. The monoisotopic (exact) mass is 492 g/mol. The van der Waals surface area contributed by atoms with E-state index in [0.717, 1.165) is 11.1 Å². The molecule has 0 N–H and O–H groups in total. The van der Waals surface area contributed by atoms with Crippen molar-refractivity contribution in [2.75, 3.05) is 33.0 Å². The Hall–Kier alpha value is -3.67. The number of halogens is 1. The standard InChI is InChI=1S/C28H29FN2O5/c1-3-23-25(11-10-21-14-24(29)28(30-16-21)33-4-2)31-27(36-19-22-18-32-12-13-34-22)15-26(23)35-17-20-8-6-5-7-9-20/h5-9,14-16,22H,3-4,12-13,17-19H2,1-2H3. The van der Waals surface area contributed by atoms with Crippen LogP contribution in [0.5, 0.6) is 17.5 Å². The van der Waals surface area contributed by atoms with Gasteiger partial charge in [-0.2, -0.15) is 0 Å². The van der Waals surface area contributed by atoms with E-state index in [1.54, 1.807) is 13.0 Å². The Bertz CT molecular complexity index is 1200. The Balaban J connectivity index is 1.61. The van der Waals surface area contributed by atoms with E-state index in [2.05, 4.69) is 21.8 Å². The molecule has 0 amide bonds. The van der Waals surface area contributed by atoms with Gasteiger partial charge in [0.1, 0.15) is 30.8 Å². The summed E-state index contributed by atoms with van der Waals surface area (Å²) >= 11 is 0. The smallest absolute Gasteiger partial charge is 0.250 e. The molecule has 3 aromatic rings. The third-order valence-electron chi connectivity index (χ3n) is 5.37. The number of ether oxygens (including phenoxy) is 5. The van der Waals surface area contributed by atoms with Crippen LogP contribution >= 0.6 is 0 Å². The highest BCUT2D eigenvalue weighted by Gasteiger charge is 2.18. The maximum atomic E-state index is 14.2. The van der Waals surface area contributed by atoms with E-state index in [1.165, 1.54) is 12.3 Å². The molecule has 1 atom stereocenters. The predicted molar refractivity (Wildman–Crippen MR) is 132 cm³/mol. The molecule has 8 heteroatoms. The molecule has 1 aliphatic heterocycles. The van der Waals surface area contributed by atoms with Crippen LogP contribution in [-0.2, 0) is 22.5 Å². The molecular weight excluding hydrogens is 463 g/mol. The molecule has 0 aliphatic carbocycles. The van der Waals surface area contributed by atoms with Crippen molar-refractivity contribution in [3.05, 3.63) is 76.9 Å². The van der Waals surface area contributed by atoms with Gasteiger partial charge in [0, 0.05) is 23.4 Å². The molecule has 1 fully saturated rings. The molecule has 2 aromatic heterocycles. The first-order valence-electron chi connectivity index (χ1n) is 12.0. The molecule has 4 rings (SSSR count). The van der Waals surface area contributed by atoms with Crippen LogP contribution in [0.15, 0.2) is 48.7 Å². The molecule has 1 aliphatic rings. The summed E-state index contributed by atoms with van der Waals surface area (Å²) in [5.74, 6) is 6.39. The topological polar surface area (TPSA) is 71.9 Å². The Morgan fingerprint density at radius 1 is 1.06 bits per heavy atom. The first-order chi connectivity index (χ1) is 17.7. The van der Waals surface area contributed by atoms with Gasteiger partial charge in [-0.15, -0.1) is 0 Å². The first-order valence-corrected chi connectivity index (χ1v) is 12.0. The van der Waals surface area contributed by atoms with E-state index < -0.39 is 5.82 Å². The summed E-state index contributed by atoms with van der Waals surface area (Å²) in [6, 6.07) is 13.0. The SMILES string of the molecule is CCOc1ncc(C#Cc2nc(OCC3COCCO3)cc(OCc3ccccc3)c2CC)cc1F. The summed E-state index contributed by atoms with van der Waals surface area (Å²) < 4.78 is 42.6. The maximum absolute atomic E-state index is 14.2. The lowest BCUT2D eigenvalue weighted by Gasteiger charge is -2.23. The average Bonchev–Trinajstić information content (AvgIpc) is 2.92. The van der Waals surface area contributed by atoms with Crippen molar-refractivity contribution in [1.29, 1.82) is 0 Å². The summed E-state index contributed by atoms with van der Waals surface area (Å²) in [4.78, 5) is 8.62. The van der Waals surface area contributed by atoms with E-state index in [-0.39, 0.29) is 18.6 Å². The highest BCUT2D eigenvalue weighted by molar-refractivity contribution is 5.50. The van der Waals surface area contributed by atoms with E-state index >= 15 is 0 Å². The zero-order valence-corrected chi connectivity index (χ0v) is 20.5. The number of nitrogens with zero attached hydrogens (tertiary/aromatic N) is 2. The Kier molecular flexibility index (Phi) is 9.09. The van der Waals surface area contributed by atoms with Gasteiger partial charge in [0.15, 0.2) is 5.82 Å². The van der Waals surface area contributed by atoms with Crippen LogP contribution in [0.2, 0.25) is 0 Å². The minimum absolute atomic E-state index is 0.0451. The molecule has 1 unspecified atom stereocenters. The van der Waals surface area contributed by atoms with Crippen molar-refractivity contribution >= 4 is 0 Å². The summed E-state index contributed by atoms with van der Waals surface area (Å²) in [6.45, 7) is 6.36. The molecule has 1 aromatic carbocycles. The molecule has 0 radical (unpaired) electrons.